The molecule has 2 heteroatoms. The maximum atomic E-state index is 6.00. The van der Waals surface area contributed by atoms with Crippen molar-refractivity contribution < 1.29 is 0 Å². The molecule has 1 unspecified atom stereocenters. The molecule has 0 bridgehead atoms. The average Bonchev–Trinajstić information content (AvgIpc) is 2.16. The lowest BCUT2D eigenvalue weighted by atomic mass is 10.1. The van der Waals surface area contributed by atoms with E-state index in [0.717, 1.165) is 13.1 Å². The van der Waals surface area contributed by atoms with Crippen molar-refractivity contribution in [3.63, 3.8) is 0 Å². The van der Waals surface area contributed by atoms with E-state index in [2.05, 4.69) is 11.8 Å². The number of hydrogen-bond donors (Lipinski definition) is 1. The van der Waals surface area contributed by atoms with Crippen LogP contribution >= 0.6 is 0 Å². The second kappa shape index (κ2) is 5.55. The second-order valence-corrected chi connectivity index (χ2v) is 3.86. The molecule has 0 radical (unpaired) electrons. The molecule has 0 aromatic rings. The third-order valence-electron chi connectivity index (χ3n) is 2.74. The van der Waals surface area contributed by atoms with Crippen LogP contribution in [0.2, 0.25) is 0 Å². The largest absolute Gasteiger partial charge is 0.327 e. The van der Waals surface area contributed by atoms with Crippen LogP contribution in [0.5, 0.6) is 0 Å². The Morgan fingerprint density at radius 3 is 2.75 bits per heavy atom. The lowest BCUT2D eigenvalue weighted by molar-refractivity contribution is 0.267. The molecule has 1 fully saturated rings. The molecule has 0 amide bonds. The third-order valence-corrected chi connectivity index (χ3v) is 2.74. The summed E-state index contributed by atoms with van der Waals surface area (Å²) in [5, 5.41) is 0. The van der Waals surface area contributed by atoms with Crippen LogP contribution in [-0.2, 0) is 0 Å². The van der Waals surface area contributed by atoms with Crippen LogP contribution in [-0.4, -0.2) is 30.6 Å². The fourth-order valence-corrected chi connectivity index (χ4v) is 1.90. The lowest BCUT2D eigenvalue weighted by Gasteiger charge is -2.22. The van der Waals surface area contributed by atoms with E-state index < -0.39 is 0 Å². The molecule has 0 aromatic heterocycles. The normalized spacial score (nSPS) is 29.0. The van der Waals surface area contributed by atoms with Crippen molar-refractivity contribution in [3.8, 4) is 0 Å². The maximum Gasteiger partial charge on any atom is 0.0167 e. The Balaban J connectivity index is 2.32. The number of nitrogens with two attached hydrogens (primary N) is 1. The van der Waals surface area contributed by atoms with Gasteiger partial charge >= 0.3 is 0 Å². The summed E-state index contributed by atoms with van der Waals surface area (Å²) >= 11 is 0. The Bertz CT molecular complexity index is 114. The van der Waals surface area contributed by atoms with Crippen molar-refractivity contribution in [2.75, 3.05) is 19.6 Å². The fraction of sp³-hybridized carbons (Fsp3) is 1.00. The molecule has 2 nitrogen and oxygen atoms in total. The Morgan fingerprint density at radius 2 is 2.00 bits per heavy atom. The zero-order valence-corrected chi connectivity index (χ0v) is 8.26. The smallest absolute Gasteiger partial charge is 0.0167 e. The van der Waals surface area contributed by atoms with Crippen LogP contribution in [0, 0.1) is 0 Å². The molecule has 1 heterocycles. The summed E-state index contributed by atoms with van der Waals surface area (Å²) in [4.78, 5) is 2.48. The number of hydrogen-bond acceptors (Lipinski definition) is 2. The van der Waals surface area contributed by atoms with Crippen LogP contribution in [0.4, 0.5) is 0 Å². The van der Waals surface area contributed by atoms with Crippen LogP contribution < -0.4 is 5.73 Å². The van der Waals surface area contributed by atoms with Crippen molar-refractivity contribution in [1.29, 1.82) is 0 Å². The molecule has 72 valence electrons. The summed E-state index contributed by atoms with van der Waals surface area (Å²) < 4.78 is 0. The molecule has 1 aliphatic rings. The summed E-state index contributed by atoms with van der Waals surface area (Å²) in [5.74, 6) is 0. The maximum absolute atomic E-state index is 6.00. The minimum atomic E-state index is 0.419. The first-order valence-electron chi connectivity index (χ1n) is 5.31. The van der Waals surface area contributed by atoms with Gasteiger partial charge in [0.15, 0.2) is 0 Å². The Hall–Kier alpha value is -0.0800. The van der Waals surface area contributed by atoms with Gasteiger partial charge in [-0.3, -0.25) is 0 Å². The van der Waals surface area contributed by atoms with Gasteiger partial charge in [0.05, 0.1) is 0 Å². The van der Waals surface area contributed by atoms with Crippen molar-refractivity contribution in [1.82, 2.24) is 4.90 Å². The zero-order chi connectivity index (χ0) is 8.81. The van der Waals surface area contributed by atoms with Gasteiger partial charge in [-0.05, 0) is 25.9 Å². The predicted molar refractivity (Wildman–Crippen MR) is 53.2 cm³/mol. The van der Waals surface area contributed by atoms with E-state index in [0.29, 0.717) is 6.04 Å². The number of likely N-dealkylation sites (N-methyl/N-ethyl adjacent to an activating group) is 1. The van der Waals surface area contributed by atoms with Crippen LogP contribution in [0.15, 0.2) is 0 Å². The van der Waals surface area contributed by atoms with E-state index >= 15 is 0 Å². The van der Waals surface area contributed by atoms with Gasteiger partial charge in [0.1, 0.15) is 0 Å². The first-order chi connectivity index (χ1) is 5.83. The van der Waals surface area contributed by atoms with Gasteiger partial charge in [-0.25, -0.2) is 0 Å². The highest BCUT2D eigenvalue weighted by Gasteiger charge is 2.10. The molecule has 12 heavy (non-hydrogen) atoms. The third kappa shape index (κ3) is 3.55. The molecular weight excluding hydrogens is 148 g/mol. The summed E-state index contributed by atoms with van der Waals surface area (Å²) in [7, 11) is 0. The second-order valence-electron chi connectivity index (χ2n) is 3.86. The molecular formula is C10H22N2. The molecule has 0 aliphatic carbocycles. The first kappa shape index (κ1) is 10.0. The van der Waals surface area contributed by atoms with Crippen LogP contribution in [0.1, 0.15) is 39.0 Å². The quantitative estimate of drug-likeness (QED) is 0.647. The molecule has 1 atom stereocenters. The van der Waals surface area contributed by atoms with Gasteiger partial charge in [0.25, 0.3) is 0 Å². The highest BCUT2D eigenvalue weighted by molar-refractivity contribution is 4.69. The van der Waals surface area contributed by atoms with Gasteiger partial charge < -0.3 is 10.6 Å². The Kier molecular flexibility index (Phi) is 4.62. The van der Waals surface area contributed by atoms with Crippen LogP contribution in [0.3, 0.4) is 0 Å². The molecule has 2 N–H and O–H groups in total. The molecule has 0 spiro atoms. The summed E-state index contributed by atoms with van der Waals surface area (Å²) in [6, 6.07) is 0.419. The number of rotatable bonds is 1. The highest BCUT2D eigenvalue weighted by atomic mass is 15.1. The van der Waals surface area contributed by atoms with Gasteiger partial charge in [-0.2, -0.15) is 0 Å². The van der Waals surface area contributed by atoms with Gasteiger partial charge in [-0.15, -0.1) is 0 Å². The van der Waals surface area contributed by atoms with Gasteiger partial charge in [-0.1, -0.05) is 26.2 Å². The van der Waals surface area contributed by atoms with Crippen molar-refractivity contribution in [2.24, 2.45) is 5.73 Å². The van der Waals surface area contributed by atoms with E-state index in [1.165, 1.54) is 38.6 Å². The highest BCUT2D eigenvalue weighted by Crippen LogP contribution is 2.10. The van der Waals surface area contributed by atoms with E-state index in [4.69, 9.17) is 5.73 Å². The minimum absolute atomic E-state index is 0.419. The van der Waals surface area contributed by atoms with E-state index in [1.807, 2.05) is 0 Å². The number of nitrogens with zero attached hydrogens (tertiary/aromatic N) is 1. The Labute approximate surface area is 76.1 Å². The summed E-state index contributed by atoms with van der Waals surface area (Å²) in [6.45, 7) is 5.75. The van der Waals surface area contributed by atoms with E-state index in [1.54, 1.807) is 0 Å². The molecule has 0 aromatic carbocycles. The topological polar surface area (TPSA) is 29.3 Å². The lowest BCUT2D eigenvalue weighted by Crippen LogP contribution is -2.37. The summed E-state index contributed by atoms with van der Waals surface area (Å²) in [6.07, 6.45) is 6.68. The average molecular weight is 170 g/mol. The fourth-order valence-electron chi connectivity index (χ4n) is 1.90. The first-order valence-corrected chi connectivity index (χ1v) is 5.31. The predicted octanol–water partition coefficient (Wildman–Crippen LogP) is 1.60. The van der Waals surface area contributed by atoms with Crippen molar-refractivity contribution in [2.45, 2.75) is 45.1 Å². The summed E-state index contributed by atoms with van der Waals surface area (Å²) in [5.41, 5.74) is 6.00. The molecule has 1 saturated heterocycles. The van der Waals surface area contributed by atoms with Crippen LogP contribution in [0.25, 0.3) is 0 Å². The molecule has 1 rings (SSSR count). The van der Waals surface area contributed by atoms with E-state index in [9.17, 15) is 0 Å². The minimum Gasteiger partial charge on any atom is -0.327 e. The van der Waals surface area contributed by atoms with E-state index in [-0.39, 0.29) is 0 Å². The van der Waals surface area contributed by atoms with Gasteiger partial charge in [0.2, 0.25) is 0 Å². The van der Waals surface area contributed by atoms with Crippen molar-refractivity contribution in [3.05, 3.63) is 0 Å². The van der Waals surface area contributed by atoms with Crippen molar-refractivity contribution >= 4 is 0 Å². The molecule has 0 saturated carbocycles. The monoisotopic (exact) mass is 170 g/mol. The molecule has 1 aliphatic heterocycles. The van der Waals surface area contributed by atoms with Gasteiger partial charge in [0, 0.05) is 12.6 Å². The SMILES string of the molecule is CCN1CCCCCCC(N)C1. The standard InChI is InChI=1S/C10H22N2/c1-2-12-8-6-4-3-5-7-10(11)9-12/h10H,2-9,11H2,1H3. The zero-order valence-electron chi connectivity index (χ0n) is 8.26. The Morgan fingerprint density at radius 1 is 1.25 bits per heavy atom.